The number of nitrogen functional groups attached to an aromatic ring is 1. The SMILES string of the molecule is Nc1c(Cl)cc(C(=O)NCCCC2CCCC2)cc1Cl. The van der Waals surface area contributed by atoms with Gasteiger partial charge in [0.05, 0.1) is 15.7 Å². The van der Waals surface area contributed by atoms with E-state index in [0.717, 1.165) is 12.3 Å². The Morgan fingerprint density at radius 3 is 2.45 bits per heavy atom. The molecule has 0 saturated heterocycles. The summed E-state index contributed by atoms with van der Waals surface area (Å²) in [6.07, 6.45) is 7.63. The summed E-state index contributed by atoms with van der Waals surface area (Å²) in [6.45, 7) is 0.689. The fraction of sp³-hybridized carbons (Fsp3) is 0.533. The van der Waals surface area contributed by atoms with Gasteiger partial charge in [0.15, 0.2) is 0 Å². The van der Waals surface area contributed by atoms with Crippen LogP contribution in [-0.4, -0.2) is 12.5 Å². The Morgan fingerprint density at radius 1 is 1.25 bits per heavy atom. The number of carbonyl (C=O) groups is 1. The quantitative estimate of drug-likeness (QED) is 0.629. The van der Waals surface area contributed by atoms with Gasteiger partial charge in [-0.25, -0.2) is 0 Å². The van der Waals surface area contributed by atoms with Crippen LogP contribution in [0.4, 0.5) is 5.69 Å². The van der Waals surface area contributed by atoms with Crippen molar-refractivity contribution in [3.63, 3.8) is 0 Å². The maximum atomic E-state index is 12.0. The van der Waals surface area contributed by atoms with Crippen LogP contribution in [-0.2, 0) is 0 Å². The molecular weight excluding hydrogens is 295 g/mol. The summed E-state index contributed by atoms with van der Waals surface area (Å²) in [6, 6.07) is 3.10. The number of anilines is 1. The lowest BCUT2D eigenvalue weighted by Gasteiger charge is -2.10. The van der Waals surface area contributed by atoms with E-state index < -0.39 is 0 Å². The first-order chi connectivity index (χ1) is 9.58. The second-order valence-electron chi connectivity index (χ2n) is 5.40. The summed E-state index contributed by atoms with van der Waals surface area (Å²) < 4.78 is 0. The molecule has 20 heavy (non-hydrogen) atoms. The summed E-state index contributed by atoms with van der Waals surface area (Å²) in [7, 11) is 0. The Bertz CT molecular complexity index is 462. The fourth-order valence-corrected chi connectivity index (χ4v) is 3.20. The van der Waals surface area contributed by atoms with E-state index in [-0.39, 0.29) is 5.91 Å². The van der Waals surface area contributed by atoms with Crippen molar-refractivity contribution in [2.75, 3.05) is 12.3 Å². The Morgan fingerprint density at radius 2 is 1.85 bits per heavy atom. The molecule has 1 fully saturated rings. The van der Waals surface area contributed by atoms with Gasteiger partial charge in [-0.2, -0.15) is 0 Å². The Labute approximate surface area is 129 Å². The lowest BCUT2D eigenvalue weighted by atomic mass is 10.0. The molecule has 0 unspecified atom stereocenters. The monoisotopic (exact) mass is 314 g/mol. The second-order valence-corrected chi connectivity index (χ2v) is 6.22. The van der Waals surface area contributed by atoms with Gasteiger partial charge in [0.25, 0.3) is 5.91 Å². The van der Waals surface area contributed by atoms with Gasteiger partial charge in [-0.05, 0) is 30.9 Å². The molecule has 110 valence electrons. The predicted octanol–water partition coefficient (Wildman–Crippen LogP) is 4.28. The first-order valence-corrected chi connectivity index (χ1v) is 7.86. The number of nitrogens with one attached hydrogen (secondary N) is 1. The molecule has 0 aromatic heterocycles. The highest BCUT2D eigenvalue weighted by molar-refractivity contribution is 6.39. The van der Waals surface area contributed by atoms with E-state index in [9.17, 15) is 4.79 Å². The maximum absolute atomic E-state index is 12.0. The van der Waals surface area contributed by atoms with Crippen LogP contribution in [0.2, 0.25) is 10.0 Å². The molecule has 0 spiro atoms. The average molecular weight is 315 g/mol. The third kappa shape index (κ3) is 4.03. The Hall–Kier alpha value is -0.930. The van der Waals surface area contributed by atoms with Crippen LogP contribution in [0.3, 0.4) is 0 Å². The zero-order valence-corrected chi connectivity index (χ0v) is 12.9. The molecule has 3 nitrogen and oxygen atoms in total. The molecule has 0 aliphatic heterocycles. The van der Waals surface area contributed by atoms with Gasteiger partial charge in [-0.15, -0.1) is 0 Å². The zero-order chi connectivity index (χ0) is 14.5. The van der Waals surface area contributed by atoms with Crippen LogP contribution < -0.4 is 11.1 Å². The van der Waals surface area contributed by atoms with E-state index in [1.807, 2.05) is 0 Å². The minimum atomic E-state index is -0.153. The Balaban J connectivity index is 1.79. The van der Waals surface area contributed by atoms with E-state index >= 15 is 0 Å². The highest BCUT2D eigenvalue weighted by Crippen LogP contribution is 2.29. The minimum Gasteiger partial charge on any atom is -0.396 e. The van der Waals surface area contributed by atoms with Gasteiger partial charge >= 0.3 is 0 Å². The van der Waals surface area contributed by atoms with Gasteiger partial charge in [0, 0.05) is 12.1 Å². The van der Waals surface area contributed by atoms with Crippen molar-refractivity contribution in [2.24, 2.45) is 5.92 Å². The summed E-state index contributed by atoms with van der Waals surface area (Å²) >= 11 is 11.8. The number of hydrogen-bond acceptors (Lipinski definition) is 2. The first kappa shape index (κ1) is 15.5. The number of amides is 1. The number of benzene rings is 1. The molecule has 1 aliphatic carbocycles. The molecule has 5 heteroatoms. The standard InChI is InChI=1S/C15H20Cl2N2O/c16-12-8-11(9-13(17)14(12)18)15(20)19-7-3-6-10-4-1-2-5-10/h8-10H,1-7,18H2,(H,19,20). The van der Waals surface area contributed by atoms with Crippen LogP contribution in [0, 0.1) is 5.92 Å². The molecule has 1 saturated carbocycles. The first-order valence-electron chi connectivity index (χ1n) is 7.10. The molecule has 0 bridgehead atoms. The van der Waals surface area contributed by atoms with Gasteiger partial charge in [0.2, 0.25) is 0 Å². The molecule has 1 aliphatic rings. The van der Waals surface area contributed by atoms with E-state index in [4.69, 9.17) is 28.9 Å². The molecule has 0 atom stereocenters. The van der Waals surface area contributed by atoms with Crippen LogP contribution in [0.1, 0.15) is 48.9 Å². The van der Waals surface area contributed by atoms with Crippen molar-refractivity contribution in [1.82, 2.24) is 5.32 Å². The second kappa shape index (κ2) is 7.19. The molecule has 1 aromatic carbocycles. The van der Waals surface area contributed by atoms with Crippen LogP contribution in [0.25, 0.3) is 0 Å². The maximum Gasteiger partial charge on any atom is 0.251 e. The van der Waals surface area contributed by atoms with Gasteiger partial charge in [0.1, 0.15) is 0 Å². The molecule has 2 rings (SSSR count). The van der Waals surface area contributed by atoms with Gasteiger partial charge in [-0.3, -0.25) is 4.79 Å². The highest BCUT2D eigenvalue weighted by atomic mass is 35.5. The van der Waals surface area contributed by atoms with Crippen molar-refractivity contribution < 1.29 is 4.79 Å². The summed E-state index contributed by atoms with van der Waals surface area (Å²) in [5, 5.41) is 3.53. The third-order valence-corrected chi connectivity index (χ3v) is 4.52. The van der Waals surface area contributed by atoms with E-state index in [0.29, 0.717) is 27.8 Å². The molecule has 0 radical (unpaired) electrons. The van der Waals surface area contributed by atoms with E-state index in [2.05, 4.69) is 5.32 Å². The van der Waals surface area contributed by atoms with E-state index in [1.165, 1.54) is 32.1 Å². The molecular formula is C15H20Cl2N2O. The lowest BCUT2D eigenvalue weighted by molar-refractivity contribution is 0.0952. The highest BCUT2D eigenvalue weighted by Gasteiger charge is 2.15. The summed E-state index contributed by atoms with van der Waals surface area (Å²) in [5.41, 5.74) is 6.41. The normalized spacial score (nSPS) is 15.5. The minimum absolute atomic E-state index is 0.153. The van der Waals surface area contributed by atoms with Crippen LogP contribution in [0.5, 0.6) is 0 Å². The third-order valence-electron chi connectivity index (χ3n) is 3.89. The number of carbonyl (C=O) groups excluding carboxylic acids is 1. The molecule has 0 heterocycles. The van der Waals surface area contributed by atoms with Crippen molar-refractivity contribution in [3.8, 4) is 0 Å². The fourth-order valence-electron chi connectivity index (χ4n) is 2.71. The molecule has 1 amide bonds. The van der Waals surface area contributed by atoms with Crippen molar-refractivity contribution in [1.29, 1.82) is 0 Å². The van der Waals surface area contributed by atoms with Crippen molar-refractivity contribution in [3.05, 3.63) is 27.7 Å². The van der Waals surface area contributed by atoms with Crippen LogP contribution in [0.15, 0.2) is 12.1 Å². The lowest BCUT2D eigenvalue weighted by Crippen LogP contribution is -2.24. The largest absolute Gasteiger partial charge is 0.396 e. The van der Waals surface area contributed by atoms with Crippen LogP contribution >= 0.6 is 23.2 Å². The molecule has 1 aromatic rings. The van der Waals surface area contributed by atoms with Gasteiger partial charge < -0.3 is 11.1 Å². The van der Waals surface area contributed by atoms with E-state index in [1.54, 1.807) is 12.1 Å². The predicted molar refractivity (Wildman–Crippen MR) is 84.4 cm³/mol. The summed E-state index contributed by atoms with van der Waals surface area (Å²) in [5.74, 6) is 0.701. The topological polar surface area (TPSA) is 55.1 Å². The van der Waals surface area contributed by atoms with Crippen molar-refractivity contribution >= 4 is 34.8 Å². The number of hydrogen-bond donors (Lipinski definition) is 2. The number of rotatable bonds is 5. The van der Waals surface area contributed by atoms with Crippen molar-refractivity contribution in [2.45, 2.75) is 38.5 Å². The summed E-state index contributed by atoms with van der Waals surface area (Å²) in [4.78, 5) is 12.0. The Kier molecular flexibility index (Phi) is 5.55. The number of halogens is 2. The van der Waals surface area contributed by atoms with Gasteiger partial charge in [-0.1, -0.05) is 48.9 Å². The smallest absolute Gasteiger partial charge is 0.251 e. The average Bonchev–Trinajstić information content (AvgIpc) is 2.93. The number of nitrogens with two attached hydrogens (primary N) is 1. The molecule has 3 N–H and O–H groups in total. The zero-order valence-electron chi connectivity index (χ0n) is 11.4.